The van der Waals surface area contributed by atoms with Crippen molar-refractivity contribution in [3.05, 3.63) is 45.0 Å². The molecule has 27 heavy (non-hydrogen) atoms. The van der Waals surface area contributed by atoms with Gasteiger partial charge in [0.2, 0.25) is 5.91 Å². The van der Waals surface area contributed by atoms with E-state index >= 15 is 0 Å². The minimum atomic E-state index is -1.12. The zero-order chi connectivity index (χ0) is 20.3. The first-order valence-corrected chi connectivity index (χ1v) is 9.14. The van der Waals surface area contributed by atoms with Crippen LogP contribution < -0.4 is 10.6 Å². The van der Waals surface area contributed by atoms with Crippen LogP contribution in [0.4, 0.5) is 15.1 Å². The molecular weight excluding hydrogens is 395 g/mol. The fourth-order valence-corrected chi connectivity index (χ4v) is 3.49. The lowest BCUT2D eigenvalue weighted by Crippen LogP contribution is -2.30. The predicted octanol–water partition coefficient (Wildman–Crippen LogP) is 4.30. The van der Waals surface area contributed by atoms with Crippen LogP contribution in [0.2, 0.25) is 5.02 Å². The maximum atomic E-state index is 13.2. The third kappa shape index (κ3) is 5.05. The van der Waals surface area contributed by atoms with Crippen molar-refractivity contribution in [3.8, 4) is 0 Å². The molecule has 6 nitrogen and oxygen atoms in total. The van der Waals surface area contributed by atoms with E-state index in [9.17, 15) is 18.8 Å². The highest BCUT2D eigenvalue weighted by Crippen LogP contribution is 2.33. The van der Waals surface area contributed by atoms with E-state index in [1.165, 1.54) is 37.3 Å². The summed E-state index contributed by atoms with van der Waals surface area (Å²) in [6.45, 7) is 6.30. The van der Waals surface area contributed by atoms with Gasteiger partial charge in [-0.1, -0.05) is 11.6 Å². The largest absolute Gasteiger partial charge is 0.449 e. The Morgan fingerprint density at radius 1 is 1.22 bits per heavy atom. The van der Waals surface area contributed by atoms with Gasteiger partial charge < -0.3 is 15.4 Å². The molecule has 144 valence electrons. The maximum absolute atomic E-state index is 13.2. The molecule has 0 saturated heterocycles. The van der Waals surface area contributed by atoms with Crippen molar-refractivity contribution < 1.29 is 23.5 Å². The first-order valence-electron chi connectivity index (χ1n) is 7.94. The summed E-state index contributed by atoms with van der Waals surface area (Å²) in [6.07, 6.45) is -1.12. The summed E-state index contributed by atoms with van der Waals surface area (Å²) in [6, 6.07) is 3.71. The second-order valence-electron chi connectivity index (χ2n) is 5.83. The Morgan fingerprint density at radius 2 is 1.89 bits per heavy atom. The van der Waals surface area contributed by atoms with Crippen molar-refractivity contribution in [1.29, 1.82) is 0 Å². The second-order valence-corrected chi connectivity index (χ2v) is 7.47. The highest BCUT2D eigenvalue weighted by molar-refractivity contribution is 7.16. The number of anilines is 2. The van der Waals surface area contributed by atoms with Crippen molar-refractivity contribution >= 4 is 51.4 Å². The molecule has 0 aliphatic carbocycles. The van der Waals surface area contributed by atoms with Crippen LogP contribution in [0.1, 0.15) is 34.6 Å². The number of halogens is 2. The van der Waals surface area contributed by atoms with Gasteiger partial charge in [0.1, 0.15) is 10.8 Å². The molecule has 0 aliphatic rings. The molecule has 1 aromatic carbocycles. The standard InChI is InChI=1S/C18H18ClFN2O4S/c1-8-10(3)27-17(21-11(4)23)15(8)18(25)26-9(2)16(24)22-12-5-6-14(20)13(19)7-12/h5-7,9H,1-4H3,(H,21,23)(H,22,24). The average Bonchev–Trinajstić information content (AvgIpc) is 2.84. The van der Waals surface area contributed by atoms with E-state index in [0.717, 1.165) is 10.9 Å². The van der Waals surface area contributed by atoms with E-state index in [2.05, 4.69) is 10.6 Å². The Bertz CT molecular complexity index is 913. The SMILES string of the molecule is CC(=O)Nc1sc(C)c(C)c1C(=O)OC(C)C(=O)Nc1ccc(F)c(Cl)c1. The molecule has 2 amide bonds. The first-order chi connectivity index (χ1) is 12.6. The lowest BCUT2D eigenvalue weighted by molar-refractivity contribution is -0.123. The molecule has 0 aliphatic heterocycles. The molecule has 1 unspecified atom stereocenters. The third-order valence-electron chi connectivity index (χ3n) is 3.72. The van der Waals surface area contributed by atoms with Crippen LogP contribution >= 0.6 is 22.9 Å². The Balaban J connectivity index is 2.11. The zero-order valence-electron chi connectivity index (χ0n) is 15.1. The molecule has 2 N–H and O–H groups in total. The maximum Gasteiger partial charge on any atom is 0.342 e. The molecule has 2 aromatic rings. The molecule has 0 spiro atoms. The van der Waals surface area contributed by atoms with Crippen molar-refractivity contribution in [3.63, 3.8) is 0 Å². The van der Waals surface area contributed by atoms with E-state index in [1.54, 1.807) is 6.92 Å². The van der Waals surface area contributed by atoms with Gasteiger partial charge in [-0.05, 0) is 44.5 Å². The fourth-order valence-electron chi connectivity index (χ4n) is 2.21. The van der Waals surface area contributed by atoms with Crippen LogP contribution in [0, 0.1) is 19.7 Å². The summed E-state index contributed by atoms with van der Waals surface area (Å²) >= 11 is 6.93. The number of thiophene rings is 1. The minimum Gasteiger partial charge on any atom is -0.449 e. The van der Waals surface area contributed by atoms with Gasteiger partial charge in [0.25, 0.3) is 5.91 Å². The number of esters is 1. The number of carbonyl (C=O) groups excluding carboxylic acids is 3. The topological polar surface area (TPSA) is 84.5 Å². The normalized spacial score (nSPS) is 11.6. The number of benzene rings is 1. The van der Waals surface area contributed by atoms with Gasteiger partial charge in [-0.3, -0.25) is 9.59 Å². The van der Waals surface area contributed by atoms with Gasteiger partial charge in [0.05, 0.1) is 10.6 Å². The number of aryl methyl sites for hydroxylation is 1. The smallest absolute Gasteiger partial charge is 0.342 e. The molecule has 1 aromatic heterocycles. The van der Waals surface area contributed by atoms with Gasteiger partial charge in [0.15, 0.2) is 6.10 Å². The number of amides is 2. The molecule has 0 bridgehead atoms. The Morgan fingerprint density at radius 3 is 2.48 bits per heavy atom. The molecular formula is C18H18ClFN2O4S. The molecule has 9 heteroatoms. The number of hydrogen-bond donors (Lipinski definition) is 2. The fraction of sp³-hybridized carbons (Fsp3) is 0.278. The third-order valence-corrected chi connectivity index (χ3v) is 5.13. The van der Waals surface area contributed by atoms with Crippen LogP contribution in [-0.2, 0) is 14.3 Å². The van der Waals surface area contributed by atoms with E-state index in [0.29, 0.717) is 10.6 Å². The summed E-state index contributed by atoms with van der Waals surface area (Å²) in [5, 5.41) is 5.33. The molecule has 0 saturated carbocycles. The van der Waals surface area contributed by atoms with Crippen molar-refractivity contribution in [2.75, 3.05) is 10.6 Å². The summed E-state index contributed by atoms with van der Waals surface area (Å²) in [4.78, 5) is 37.0. The van der Waals surface area contributed by atoms with Crippen LogP contribution in [0.5, 0.6) is 0 Å². The van der Waals surface area contributed by atoms with Crippen molar-refractivity contribution in [1.82, 2.24) is 0 Å². The lowest BCUT2D eigenvalue weighted by Gasteiger charge is -2.14. The van der Waals surface area contributed by atoms with Crippen molar-refractivity contribution in [2.45, 2.75) is 33.8 Å². The number of ether oxygens (including phenoxy) is 1. The molecule has 1 heterocycles. The van der Waals surface area contributed by atoms with E-state index in [-0.39, 0.29) is 22.2 Å². The number of nitrogens with one attached hydrogen (secondary N) is 2. The van der Waals surface area contributed by atoms with E-state index in [1.807, 2.05) is 6.92 Å². The molecule has 0 radical (unpaired) electrons. The zero-order valence-corrected chi connectivity index (χ0v) is 16.7. The Labute approximate surface area is 164 Å². The quantitative estimate of drug-likeness (QED) is 0.717. The minimum absolute atomic E-state index is 0.137. The summed E-state index contributed by atoms with van der Waals surface area (Å²) in [5.74, 6) is -2.25. The monoisotopic (exact) mass is 412 g/mol. The molecule has 2 rings (SSSR count). The number of hydrogen-bond acceptors (Lipinski definition) is 5. The summed E-state index contributed by atoms with van der Waals surface area (Å²) in [5.41, 5.74) is 1.17. The van der Waals surface area contributed by atoms with Gasteiger partial charge in [0, 0.05) is 17.5 Å². The van der Waals surface area contributed by atoms with E-state index in [4.69, 9.17) is 16.3 Å². The van der Waals surface area contributed by atoms with Crippen LogP contribution in [0.3, 0.4) is 0 Å². The summed E-state index contributed by atoms with van der Waals surface area (Å²) in [7, 11) is 0. The van der Waals surface area contributed by atoms with Crippen LogP contribution in [0.25, 0.3) is 0 Å². The van der Waals surface area contributed by atoms with E-state index < -0.39 is 23.8 Å². The predicted molar refractivity (Wildman–Crippen MR) is 103 cm³/mol. The first kappa shape index (κ1) is 20.9. The Hall–Kier alpha value is -2.45. The molecule has 0 fully saturated rings. The van der Waals surface area contributed by atoms with Gasteiger partial charge >= 0.3 is 5.97 Å². The Kier molecular flexibility index (Phi) is 6.56. The van der Waals surface area contributed by atoms with Crippen LogP contribution in [-0.4, -0.2) is 23.9 Å². The lowest BCUT2D eigenvalue weighted by atomic mass is 10.1. The highest BCUT2D eigenvalue weighted by atomic mass is 35.5. The van der Waals surface area contributed by atoms with Crippen molar-refractivity contribution in [2.24, 2.45) is 0 Å². The van der Waals surface area contributed by atoms with Gasteiger partial charge in [-0.2, -0.15) is 0 Å². The average molecular weight is 413 g/mol. The second kappa shape index (κ2) is 8.49. The van der Waals surface area contributed by atoms with Gasteiger partial charge in [-0.25, -0.2) is 9.18 Å². The number of rotatable bonds is 5. The summed E-state index contributed by atoms with van der Waals surface area (Å²) < 4.78 is 18.4. The van der Waals surface area contributed by atoms with Crippen LogP contribution in [0.15, 0.2) is 18.2 Å². The number of carbonyl (C=O) groups is 3. The highest BCUT2D eigenvalue weighted by Gasteiger charge is 2.25. The molecule has 1 atom stereocenters. The van der Waals surface area contributed by atoms with Gasteiger partial charge in [-0.15, -0.1) is 11.3 Å².